The molecule has 6 heteroatoms. The summed E-state index contributed by atoms with van der Waals surface area (Å²) >= 11 is 0. The third-order valence-electron chi connectivity index (χ3n) is 6.23. The molecule has 1 aliphatic heterocycles. The molecule has 6 nitrogen and oxygen atoms in total. The zero-order chi connectivity index (χ0) is 20.5. The molecule has 0 radical (unpaired) electrons. The SMILES string of the molecule is COc1cccc(-c2nc(C3CCCN(C(=O)NCC4CC4)C3)n3ccccc23)c1. The normalized spacial score (nSPS) is 19.1. The van der Waals surface area contributed by atoms with Crippen LogP contribution in [0.3, 0.4) is 0 Å². The summed E-state index contributed by atoms with van der Waals surface area (Å²) in [6.07, 6.45) is 6.61. The molecule has 2 fully saturated rings. The molecule has 1 aromatic carbocycles. The lowest BCUT2D eigenvalue weighted by atomic mass is 9.97. The standard InChI is InChI=1S/C24H28N4O2/c1-30-20-8-4-6-18(14-20)22-21-9-2-3-13-28(21)23(26-22)19-7-5-12-27(16-19)24(29)25-15-17-10-11-17/h2-4,6,8-9,13-14,17,19H,5,7,10-12,15-16H2,1H3,(H,25,29). The molecule has 1 saturated carbocycles. The maximum atomic E-state index is 12.6. The van der Waals surface area contributed by atoms with Gasteiger partial charge in [-0.2, -0.15) is 0 Å². The van der Waals surface area contributed by atoms with Crippen molar-refractivity contribution < 1.29 is 9.53 Å². The van der Waals surface area contributed by atoms with Crippen LogP contribution < -0.4 is 10.1 Å². The van der Waals surface area contributed by atoms with E-state index in [1.54, 1.807) is 7.11 Å². The van der Waals surface area contributed by atoms with Crippen LogP contribution in [0.2, 0.25) is 0 Å². The number of urea groups is 1. The molecule has 2 amide bonds. The van der Waals surface area contributed by atoms with Gasteiger partial charge >= 0.3 is 6.03 Å². The molecular weight excluding hydrogens is 376 g/mol. The number of carbonyl (C=O) groups excluding carboxylic acids is 1. The largest absolute Gasteiger partial charge is 0.497 e. The summed E-state index contributed by atoms with van der Waals surface area (Å²) in [6, 6.07) is 14.3. The van der Waals surface area contributed by atoms with E-state index in [1.807, 2.05) is 35.2 Å². The minimum absolute atomic E-state index is 0.0699. The highest BCUT2D eigenvalue weighted by Crippen LogP contribution is 2.33. The maximum absolute atomic E-state index is 12.6. The van der Waals surface area contributed by atoms with Crippen LogP contribution in [0, 0.1) is 5.92 Å². The number of imidazole rings is 1. The first-order valence-electron chi connectivity index (χ1n) is 10.9. The average Bonchev–Trinajstić information content (AvgIpc) is 3.56. The average molecular weight is 405 g/mol. The van der Waals surface area contributed by atoms with E-state index in [0.717, 1.165) is 54.3 Å². The molecule has 0 spiro atoms. The fourth-order valence-electron chi connectivity index (χ4n) is 4.37. The van der Waals surface area contributed by atoms with E-state index in [0.29, 0.717) is 12.5 Å². The van der Waals surface area contributed by atoms with Crippen molar-refractivity contribution in [3.63, 3.8) is 0 Å². The minimum Gasteiger partial charge on any atom is -0.497 e. The van der Waals surface area contributed by atoms with Gasteiger partial charge < -0.3 is 19.4 Å². The van der Waals surface area contributed by atoms with Gasteiger partial charge in [-0.25, -0.2) is 9.78 Å². The van der Waals surface area contributed by atoms with Gasteiger partial charge in [0, 0.05) is 37.3 Å². The second-order valence-electron chi connectivity index (χ2n) is 8.42. The smallest absolute Gasteiger partial charge is 0.317 e. The first-order valence-corrected chi connectivity index (χ1v) is 10.9. The number of aromatic nitrogens is 2. The minimum atomic E-state index is 0.0699. The molecule has 1 saturated heterocycles. The predicted molar refractivity (Wildman–Crippen MR) is 117 cm³/mol. The lowest BCUT2D eigenvalue weighted by Gasteiger charge is -2.32. The van der Waals surface area contributed by atoms with Crippen LogP contribution in [-0.4, -0.2) is 47.1 Å². The van der Waals surface area contributed by atoms with Crippen molar-refractivity contribution in [3.8, 4) is 17.0 Å². The lowest BCUT2D eigenvalue weighted by Crippen LogP contribution is -2.45. The molecule has 1 N–H and O–H groups in total. The first kappa shape index (κ1) is 19.0. The van der Waals surface area contributed by atoms with Crippen molar-refractivity contribution in [2.24, 2.45) is 5.92 Å². The lowest BCUT2D eigenvalue weighted by molar-refractivity contribution is 0.178. The number of piperidine rings is 1. The van der Waals surface area contributed by atoms with Crippen LogP contribution in [0.5, 0.6) is 5.75 Å². The van der Waals surface area contributed by atoms with E-state index < -0.39 is 0 Å². The Morgan fingerprint density at radius 2 is 2.10 bits per heavy atom. The third kappa shape index (κ3) is 3.74. The van der Waals surface area contributed by atoms with Crippen LogP contribution in [0.15, 0.2) is 48.7 Å². The Labute approximate surface area is 176 Å². The Kier molecular flexibility index (Phi) is 5.07. The molecule has 2 aliphatic rings. The van der Waals surface area contributed by atoms with E-state index >= 15 is 0 Å². The number of rotatable bonds is 5. The summed E-state index contributed by atoms with van der Waals surface area (Å²) < 4.78 is 7.60. The summed E-state index contributed by atoms with van der Waals surface area (Å²) in [5.41, 5.74) is 3.08. The first-order chi connectivity index (χ1) is 14.7. The number of methoxy groups -OCH3 is 1. The van der Waals surface area contributed by atoms with E-state index in [2.05, 4.69) is 28.0 Å². The fourth-order valence-corrected chi connectivity index (χ4v) is 4.37. The summed E-state index contributed by atoms with van der Waals surface area (Å²) in [5.74, 6) is 2.77. The van der Waals surface area contributed by atoms with Gasteiger partial charge in [0.1, 0.15) is 11.6 Å². The fraction of sp³-hybridized carbons (Fsp3) is 0.417. The van der Waals surface area contributed by atoms with Crippen molar-refractivity contribution in [1.82, 2.24) is 19.6 Å². The Balaban J connectivity index is 1.44. The van der Waals surface area contributed by atoms with Gasteiger partial charge in [0.15, 0.2) is 0 Å². The molecule has 1 atom stereocenters. The number of amides is 2. The number of carbonyl (C=O) groups is 1. The highest BCUT2D eigenvalue weighted by molar-refractivity contribution is 5.78. The number of fused-ring (bicyclic) bond motifs is 1. The van der Waals surface area contributed by atoms with Gasteiger partial charge in [-0.15, -0.1) is 0 Å². The Bertz CT molecular complexity index is 1060. The van der Waals surface area contributed by atoms with Crippen LogP contribution >= 0.6 is 0 Å². The highest BCUT2D eigenvalue weighted by Gasteiger charge is 2.29. The number of benzene rings is 1. The maximum Gasteiger partial charge on any atom is 0.317 e. The van der Waals surface area contributed by atoms with Gasteiger partial charge in [0.25, 0.3) is 0 Å². The highest BCUT2D eigenvalue weighted by atomic mass is 16.5. The molecule has 1 unspecified atom stereocenters. The van der Waals surface area contributed by atoms with Gasteiger partial charge in [-0.3, -0.25) is 0 Å². The Morgan fingerprint density at radius 3 is 2.93 bits per heavy atom. The van der Waals surface area contributed by atoms with Crippen LogP contribution in [0.1, 0.15) is 37.4 Å². The molecular formula is C24H28N4O2. The molecule has 156 valence electrons. The number of hydrogen-bond acceptors (Lipinski definition) is 3. The molecule has 0 bridgehead atoms. The molecule has 1 aliphatic carbocycles. The molecule has 5 rings (SSSR count). The van der Waals surface area contributed by atoms with Gasteiger partial charge in [-0.1, -0.05) is 18.2 Å². The van der Waals surface area contributed by atoms with Crippen LogP contribution in [0.4, 0.5) is 4.79 Å². The van der Waals surface area contributed by atoms with Crippen molar-refractivity contribution in [1.29, 1.82) is 0 Å². The number of ether oxygens (including phenoxy) is 1. The van der Waals surface area contributed by atoms with Crippen molar-refractivity contribution in [2.75, 3.05) is 26.7 Å². The van der Waals surface area contributed by atoms with Crippen LogP contribution in [-0.2, 0) is 0 Å². The number of nitrogens with zero attached hydrogens (tertiary/aromatic N) is 3. The number of likely N-dealkylation sites (tertiary alicyclic amines) is 1. The van der Waals surface area contributed by atoms with Crippen molar-refractivity contribution in [2.45, 2.75) is 31.6 Å². The molecule has 3 aromatic rings. The second kappa shape index (κ2) is 8.01. The van der Waals surface area contributed by atoms with Crippen molar-refractivity contribution in [3.05, 3.63) is 54.5 Å². The molecule has 2 aromatic heterocycles. The zero-order valence-corrected chi connectivity index (χ0v) is 17.4. The summed E-state index contributed by atoms with van der Waals surface area (Å²) in [4.78, 5) is 19.7. The Morgan fingerprint density at radius 1 is 1.20 bits per heavy atom. The second-order valence-corrected chi connectivity index (χ2v) is 8.42. The van der Waals surface area contributed by atoms with E-state index in [4.69, 9.17) is 9.72 Å². The monoisotopic (exact) mass is 404 g/mol. The van der Waals surface area contributed by atoms with Crippen LogP contribution in [0.25, 0.3) is 16.8 Å². The van der Waals surface area contributed by atoms with Gasteiger partial charge in [0.05, 0.1) is 18.3 Å². The van der Waals surface area contributed by atoms with E-state index in [9.17, 15) is 4.79 Å². The molecule has 30 heavy (non-hydrogen) atoms. The summed E-state index contributed by atoms with van der Waals surface area (Å²) in [7, 11) is 1.68. The summed E-state index contributed by atoms with van der Waals surface area (Å²) in [5, 5.41) is 3.11. The van der Waals surface area contributed by atoms with E-state index in [1.165, 1.54) is 12.8 Å². The van der Waals surface area contributed by atoms with E-state index in [-0.39, 0.29) is 11.9 Å². The zero-order valence-electron chi connectivity index (χ0n) is 17.4. The topological polar surface area (TPSA) is 58.9 Å². The Hall–Kier alpha value is -3.02. The number of nitrogens with one attached hydrogen (secondary N) is 1. The summed E-state index contributed by atoms with van der Waals surface area (Å²) in [6.45, 7) is 2.34. The van der Waals surface area contributed by atoms with Gasteiger partial charge in [0.2, 0.25) is 0 Å². The number of pyridine rings is 1. The molecule has 3 heterocycles. The quantitative estimate of drug-likeness (QED) is 0.689. The van der Waals surface area contributed by atoms with Gasteiger partial charge in [-0.05, 0) is 55.9 Å². The third-order valence-corrected chi connectivity index (χ3v) is 6.23. The predicted octanol–water partition coefficient (Wildman–Crippen LogP) is 4.31. The van der Waals surface area contributed by atoms with Crippen molar-refractivity contribution >= 4 is 11.5 Å². The number of hydrogen-bond donors (Lipinski definition) is 1.